The Kier molecular flexibility index (Phi) is 10.9. The summed E-state index contributed by atoms with van der Waals surface area (Å²) < 4.78 is 66.9. The SMILES string of the molecule is CCOP(=O)(CC(CC(F)(F)F)SC(=S)OCCc1ccccc1)OCC. The number of ether oxygens (including phenoxy) is 1. The Hall–Kier alpha value is -0.600. The predicted octanol–water partition coefficient (Wildman–Crippen LogP) is 5.85. The van der Waals surface area contributed by atoms with Crippen molar-refractivity contribution in [1.29, 1.82) is 0 Å². The maximum atomic E-state index is 12.9. The van der Waals surface area contributed by atoms with Crippen molar-refractivity contribution in [1.82, 2.24) is 0 Å². The minimum atomic E-state index is -4.43. The number of thiocarbonyl (C=S) groups is 1. The van der Waals surface area contributed by atoms with Crippen LogP contribution in [-0.2, 0) is 24.8 Å². The van der Waals surface area contributed by atoms with Gasteiger partial charge in [-0.05, 0) is 31.6 Å². The van der Waals surface area contributed by atoms with Crippen molar-refractivity contribution in [3.05, 3.63) is 35.9 Å². The predicted molar refractivity (Wildman–Crippen MR) is 106 cm³/mol. The number of benzene rings is 1. The van der Waals surface area contributed by atoms with E-state index in [9.17, 15) is 17.7 Å². The van der Waals surface area contributed by atoms with Gasteiger partial charge in [-0.1, -0.05) is 42.1 Å². The number of alkyl halides is 3. The molecule has 1 atom stereocenters. The van der Waals surface area contributed by atoms with Gasteiger partial charge < -0.3 is 13.8 Å². The fraction of sp³-hybridized carbons (Fsp3) is 0.588. The number of rotatable bonds is 11. The number of hydrogen-bond acceptors (Lipinski definition) is 6. The first-order valence-corrected chi connectivity index (χ1v) is 11.5. The molecule has 0 heterocycles. The van der Waals surface area contributed by atoms with E-state index in [1.54, 1.807) is 13.8 Å². The van der Waals surface area contributed by atoms with E-state index in [1.807, 2.05) is 30.3 Å². The quantitative estimate of drug-likeness (QED) is 0.315. The van der Waals surface area contributed by atoms with Crippen LogP contribution < -0.4 is 0 Å². The van der Waals surface area contributed by atoms with Crippen LogP contribution in [0.4, 0.5) is 13.2 Å². The maximum Gasteiger partial charge on any atom is 0.390 e. The third-order valence-electron chi connectivity index (χ3n) is 3.25. The lowest BCUT2D eigenvalue weighted by atomic mass is 10.2. The summed E-state index contributed by atoms with van der Waals surface area (Å²) in [6.07, 6.45) is -5.40. The van der Waals surface area contributed by atoms with Gasteiger partial charge in [0.15, 0.2) is 0 Å². The molecule has 1 rings (SSSR count). The molecule has 1 unspecified atom stereocenters. The molecule has 27 heavy (non-hydrogen) atoms. The molecule has 154 valence electrons. The van der Waals surface area contributed by atoms with Crippen molar-refractivity contribution < 1.29 is 31.5 Å². The van der Waals surface area contributed by atoms with E-state index in [0.29, 0.717) is 6.42 Å². The molecule has 0 aliphatic carbocycles. The van der Waals surface area contributed by atoms with Crippen molar-refractivity contribution in [3.63, 3.8) is 0 Å². The number of thioether (sulfide) groups is 1. The Morgan fingerprint density at radius 2 is 1.78 bits per heavy atom. The van der Waals surface area contributed by atoms with Crippen molar-refractivity contribution in [2.75, 3.05) is 26.0 Å². The highest BCUT2D eigenvalue weighted by Crippen LogP contribution is 2.51. The second-order valence-corrected chi connectivity index (χ2v) is 9.53. The molecule has 0 saturated carbocycles. The first-order chi connectivity index (χ1) is 12.7. The van der Waals surface area contributed by atoms with Crippen molar-refractivity contribution in [3.8, 4) is 0 Å². The molecule has 0 aromatic heterocycles. The summed E-state index contributed by atoms with van der Waals surface area (Å²) in [5, 5.41) is -1.11. The van der Waals surface area contributed by atoms with E-state index in [2.05, 4.69) is 0 Å². The monoisotopic (exact) mass is 444 g/mol. The molecule has 10 heteroatoms. The Balaban J connectivity index is 2.64. The van der Waals surface area contributed by atoms with Crippen LogP contribution >= 0.6 is 31.6 Å². The van der Waals surface area contributed by atoms with Crippen LogP contribution in [0.25, 0.3) is 0 Å². The van der Waals surface area contributed by atoms with Crippen LogP contribution in [0.3, 0.4) is 0 Å². The zero-order chi connectivity index (χ0) is 20.3. The second-order valence-electron chi connectivity index (χ2n) is 5.52. The highest BCUT2D eigenvalue weighted by Gasteiger charge is 2.38. The highest BCUT2D eigenvalue weighted by atomic mass is 32.2. The van der Waals surface area contributed by atoms with Gasteiger partial charge in [0.2, 0.25) is 4.38 Å². The van der Waals surface area contributed by atoms with Crippen molar-refractivity contribution >= 4 is 36.0 Å². The lowest BCUT2D eigenvalue weighted by Crippen LogP contribution is -2.23. The minimum absolute atomic E-state index is 0.0141. The van der Waals surface area contributed by atoms with E-state index in [4.69, 9.17) is 26.0 Å². The molecule has 0 spiro atoms. The molecule has 0 radical (unpaired) electrons. The lowest BCUT2D eigenvalue weighted by molar-refractivity contribution is -0.133. The maximum absolute atomic E-state index is 12.9. The van der Waals surface area contributed by atoms with Gasteiger partial charge in [0, 0.05) is 11.7 Å². The molecule has 0 bridgehead atoms. The third kappa shape index (κ3) is 11.1. The normalized spacial score (nSPS) is 13.4. The summed E-state index contributed by atoms with van der Waals surface area (Å²) in [4.78, 5) is 0. The van der Waals surface area contributed by atoms with Crippen LogP contribution in [-0.4, -0.2) is 41.8 Å². The Labute approximate surface area is 167 Å². The van der Waals surface area contributed by atoms with Crippen LogP contribution in [0.5, 0.6) is 0 Å². The summed E-state index contributed by atoms with van der Waals surface area (Å²) in [6.45, 7) is 3.63. The number of hydrogen-bond donors (Lipinski definition) is 0. The summed E-state index contributed by atoms with van der Waals surface area (Å²) in [6, 6.07) is 9.52. The average Bonchev–Trinajstić information content (AvgIpc) is 2.54. The van der Waals surface area contributed by atoms with Gasteiger partial charge >= 0.3 is 13.8 Å². The first kappa shape index (κ1) is 24.4. The largest absolute Gasteiger partial charge is 0.478 e. The summed E-state index contributed by atoms with van der Waals surface area (Å²) in [5.41, 5.74) is 1.04. The standard InChI is InChI=1S/C17H24F3O4PS2/c1-3-23-25(21,24-4-2)13-15(12-17(18,19)20)27-16(26)22-11-10-14-8-6-5-7-9-14/h5-9,15H,3-4,10-13H2,1-2H3. The molecule has 0 aliphatic rings. The zero-order valence-corrected chi connectivity index (χ0v) is 17.8. The van der Waals surface area contributed by atoms with Gasteiger partial charge in [-0.15, -0.1) is 0 Å². The topological polar surface area (TPSA) is 44.8 Å². The van der Waals surface area contributed by atoms with Crippen molar-refractivity contribution in [2.24, 2.45) is 0 Å². The Bertz CT molecular complexity index is 604. The molecular weight excluding hydrogens is 420 g/mol. The molecule has 0 fully saturated rings. The van der Waals surface area contributed by atoms with Gasteiger partial charge in [0.25, 0.3) is 0 Å². The molecule has 1 aromatic carbocycles. The summed E-state index contributed by atoms with van der Waals surface area (Å²) >= 11 is 5.80. The lowest BCUT2D eigenvalue weighted by Gasteiger charge is -2.23. The van der Waals surface area contributed by atoms with Gasteiger partial charge in [-0.3, -0.25) is 4.57 Å². The molecule has 0 N–H and O–H groups in total. The molecule has 4 nitrogen and oxygen atoms in total. The third-order valence-corrected chi connectivity index (χ3v) is 7.08. The van der Waals surface area contributed by atoms with Gasteiger partial charge in [0.1, 0.15) is 0 Å². The molecule has 0 saturated heterocycles. The first-order valence-electron chi connectivity index (χ1n) is 8.49. The second kappa shape index (κ2) is 12.1. The molecule has 0 aliphatic heterocycles. The van der Waals surface area contributed by atoms with E-state index in [0.717, 1.165) is 17.3 Å². The molecule has 0 amide bonds. The summed E-state index contributed by atoms with van der Waals surface area (Å²) in [5.74, 6) is 0. The van der Waals surface area contributed by atoms with Crippen LogP contribution in [0.2, 0.25) is 0 Å². The van der Waals surface area contributed by atoms with E-state index >= 15 is 0 Å². The van der Waals surface area contributed by atoms with Crippen LogP contribution in [0.15, 0.2) is 30.3 Å². The Morgan fingerprint density at radius 3 is 2.30 bits per heavy atom. The van der Waals surface area contributed by atoms with Crippen LogP contribution in [0, 0.1) is 0 Å². The van der Waals surface area contributed by atoms with Gasteiger partial charge in [0.05, 0.1) is 32.4 Å². The van der Waals surface area contributed by atoms with Crippen molar-refractivity contribution in [2.45, 2.75) is 38.1 Å². The molecule has 1 aromatic rings. The number of halogens is 3. The zero-order valence-electron chi connectivity index (χ0n) is 15.2. The Morgan fingerprint density at radius 1 is 1.19 bits per heavy atom. The highest BCUT2D eigenvalue weighted by molar-refractivity contribution is 8.23. The minimum Gasteiger partial charge on any atom is -0.478 e. The van der Waals surface area contributed by atoms with Gasteiger partial charge in [-0.25, -0.2) is 0 Å². The average molecular weight is 444 g/mol. The summed E-state index contributed by atoms with van der Waals surface area (Å²) in [7, 11) is -3.63. The smallest absolute Gasteiger partial charge is 0.390 e. The van der Waals surface area contributed by atoms with E-state index in [1.165, 1.54) is 0 Å². The fourth-order valence-electron chi connectivity index (χ4n) is 2.25. The van der Waals surface area contributed by atoms with E-state index in [-0.39, 0.29) is 30.4 Å². The fourth-order valence-corrected chi connectivity index (χ4v) is 5.99. The van der Waals surface area contributed by atoms with Crippen LogP contribution in [0.1, 0.15) is 25.8 Å². The van der Waals surface area contributed by atoms with Gasteiger partial charge in [-0.2, -0.15) is 13.2 Å². The van der Waals surface area contributed by atoms with E-state index < -0.39 is 25.4 Å². The molecular formula is C17H24F3O4PS2.